The largest absolute Gasteiger partial charge is 0.495 e. The Bertz CT molecular complexity index is 997. The molecule has 25 heavy (non-hydrogen) atoms. The van der Waals surface area contributed by atoms with E-state index in [0.29, 0.717) is 11.3 Å². The third-order valence-corrected chi connectivity index (χ3v) is 4.90. The van der Waals surface area contributed by atoms with Gasteiger partial charge in [-0.15, -0.1) is 0 Å². The van der Waals surface area contributed by atoms with Crippen LogP contribution in [0.2, 0.25) is 5.02 Å². The van der Waals surface area contributed by atoms with Crippen LogP contribution in [0.25, 0.3) is 11.3 Å². The Hall–Kier alpha value is -2.71. The predicted octanol–water partition coefficient (Wildman–Crippen LogP) is 3.00. The number of hydrogen-bond acceptors (Lipinski definition) is 6. The standard InChI is InChI=1S/C16H13ClN4O3S/c1-24-15-3-2-12(17)7-16(15)25(22,23)21-13-6-11(8-19-9-13)14-10-18-4-5-20-14/h2-10,21H,1H3. The Kier molecular flexibility index (Phi) is 4.82. The van der Waals surface area contributed by atoms with Crippen molar-refractivity contribution in [1.29, 1.82) is 0 Å². The average Bonchev–Trinajstić information content (AvgIpc) is 2.62. The number of pyridine rings is 1. The summed E-state index contributed by atoms with van der Waals surface area (Å²) < 4.78 is 32.9. The van der Waals surface area contributed by atoms with Crippen molar-refractivity contribution in [2.45, 2.75) is 4.90 Å². The second kappa shape index (κ2) is 7.04. The molecule has 0 bridgehead atoms. The molecule has 0 saturated carbocycles. The van der Waals surface area contributed by atoms with Crippen LogP contribution in [0.5, 0.6) is 5.75 Å². The van der Waals surface area contributed by atoms with Gasteiger partial charge in [-0.25, -0.2) is 8.42 Å². The predicted molar refractivity (Wildman–Crippen MR) is 94.1 cm³/mol. The first-order chi connectivity index (χ1) is 12.0. The zero-order valence-corrected chi connectivity index (χ0v) is 14.6. The van der Waals surface area contributed by atoms with Gasteiger partial charge in [-0.3, -0.25) is 19.7 Å². The molecule has 0 amide bonds. The SMILES string of the molecule is COc1ccc(Cl)cc1S(=O)(=O)Nc1cncc(-c2cnccn2)c1. The summed E-state index contributed by atoms with van der Waals surface area (Å²) in [6.07, 6.45) is 7.63. The van der Waals surface area contributed by atoms with Crippen LogP contribution in [0.1, 0.15) is 0 Å². The number of methoxy groups -OCH3 is 1. The van der Waals surface area contributed by atoms with Gasteiger partial charge in [-0.2, -0.15) is 0 Å². The minimum Gasteiger partial charge on any atom is -0.495 e. The third kappa shape index (κ3) is 3.86. The van der Waals surface area contributed by atoms with Crippen LogP contribution in [0.15, 0.2) is 60.1 Å². The molecule has 9 heteroatoms. The molecule has 1 N–H and O–H groups in total. The molecule has 0 atom stereocenters. The molecule has 7 nitrogen and oxygen atoms in total. The number of benzene rings is 1. The lowest BCUT2D eigenvalue weighted by atomic mass is 10.2. The van der Waals surface area contributed by atoms with Gasteiger partial charge in [-0.05, 0) is 24.3 Å². The molecular formula is C16H13ClN4O3S. The number of halogens is 1. The number of anilines is 1. The fourth-order valence-corrected chi connectivity index (χ4v) is 3.62. The number of nitrogens with zero attached hydrogens (tertiary/aromatic N) is 3. The summed E-state index contributed by atoms with van der Waals surface area (Å²) in [5, 5.41) is 0.285. The normalized spacial score (nSPS) is 11.1. The van der Waals surface area contributed by atoms with Crippen molar-refractivity contribution < 1.29 is 13.2 Å². The number of rotatable bonds is 5. The van der Waals surface area contributed by atoms with E-state index in [1.54, 1.807) is 36.9 Å². The minimum absolute atomic E-state index is 0.0626. The molecule has 0 aliphatic heterocycles. The van der Waals surface area contributed by atoms with Crippen molar-refractivity contribution in [2.24, 2.45) is 0 Å². The van der Waals surface area contributed by atoms with Crippen LogP contribution in [-0.4, -0.2) is 30.5 Å². The van der Waals surface area contributed by atoms with Gasteiger partial charge in [-0.1, -0.05) is 11.6 Å². The molecule has 0 fully saturated rings. The molecule has 2 heterocycles. The summed E-state index contributed by atoms with van der Waals surface area (Å²) in [7, 11) is -2.53. The number of sulfonamides is 1. The van der Waals surface area contributed by atoms with Crippen molar-refractivity contribution in [3.8, 4) is 17.0 Å². The summed E-state index contributed by atoms with van der Waals surface area (Å²) in [6.45, 7) is 0. The summed E-state index contributed by atoms with van der Waals surface area (Å²) in [5.74, 6) is 0.190. The van der Waals surface area contributed by atoms with Gasteiger partial charge >= 0.3 is 0 Å². The van der Waals surface area contributed by atoms with Gasteiger partial charge in [0.15, 0.2) is 0 Å². The van der Waals surface area contributed by atoms with Crippen molar-refractivity contribution in [1.82, 2.24) is 15.0 Å². The van der Waals surface area contributed by atoms with E-state index in [9.17, 15) is 8.42 Å². The molecule has 128 valence electrons. The van der Waals surface area contributed by atoms with Crippen LogP contribution in [-0.2, 0) is 10.0 Å². The quantitative estimate of drug-likeness (QED) is 0.735. The summed E-state index contributed by atoms with van der Waals surface area (Å²) >= 11 is 5.91. The van der Waals surface area contributed by atoms with E-state index in [0.717, 1.165) is 0 Å². The zero-order valence-electron chi connectivity index (χ0n) is 13.0. The third-order valence-electron chi connectivity index (χ3n) is 3.26. The first-order valence-corrected chi connectivity index (χ1v) is 8.93. The molecule has 0 saturated heterocycles. The van der Waals surface area contributed by atoms with E-state index >= 15 is 0 Å². The lowest BCUT2D eigenvalue weighted by Crippen LogP contribution is -2.14. The maximum Gasteiger partial charge on any atom is 0.265 e. The summed E-state index contributed by atoms with van der Waals surface area (Å²) in [5.41, 5.74) is 1.49. The highest BCUT2D eigenvalue weighted by Crippen LogP contribution is 2.29. The van der Waals surface area contributed by atoms with E-state index in [1.165, 1.54) is 25.4 Å². The second-order valence-electron chi connectivity index (χ2n) is 4.95. The number of nitrogens with one attached hydrogen (secondary N) is 1. The van der Waals surface area contributed by atoms with Crippen LogP contribution >= 0.6 is 11.6 Å². The van der Waals surface area contributed by atoms with Crippen LogP contribution in [0.3, 0.4) is 0 Å². The molecule has 0 aliphatic rings. The van der Waals surface area contributed by atoms with E-state index in [4.69, 9.17) is 16.3 Å². The van der Waals surface area contributed by atoms with Crippen molar-refractivity contribution in [2.75, 3.05) is 11.8 Å². The Balaban J connectivity index is 1.96. The van der Waals surface area contributed by atoms with E-state index < -0.39 is 10.0 Å². The monoisotopic (exact) mass is 376 g/mol. The Morgan fingerprint density at radius 1 is 1.08 bits per heavy atom. The maximum absolute atomic E-state index is 12.7. The van der Waals surface area contributed by atoms with Gasteiger partial charge < -0.3 is 4.74 Å². The van der Waals surface area contributed by atoms with Crippen molar-refractivity contribution in [3.05, 3.63) is 60.3 Å². The highest BCUT2D eigenvalue weighted by Gasteiger charge is 2.20. The number of hydrogen-bond donors (Lipinski definition) is 1. The Labute approximate surface area is 149 Å². The fraction of sp³-hybridized carbons (Fsp3) is 0.0625. The highest BCUT2D eigenvalue weighted by atomic mass is 35.5. The van der Waals surface area contributed by atoms with Crippen molar-refractivity contribution >= 4 is 27.3 Å². The van der Waals surface area contributed by atoms with E-state index in [-0.39, 0.29) is 21.4 Å². The Morgan fingerprint density at radius 2 is 1.92 bits per heavy atom. The van der Waals surface area contributed by atoms with Gasteiger partial charge in [0.05, 0.1) is 30.9 Å². The van der Waals surface area contributed by atoms with Crippen LogP contribution in [0.4, 0.5) is 5.69 Å². The fourth-order valence-electron chi connectivity index (χ4n) is 2.15. The molecule has 3 aromatic rings. The lowest BCUT2D eigenvalue weighted by Gasteiger charge is -2.12. The summed E-state index contributed by atoms with van der Waals surface area (Å²) in [6, 6.07) is 5.98. The minimum atomic E-state index is -3.91. The van der Waals surface area contributed by atoms with E-state index in [2.05, 4.69) is 19.7 Å². The molecule has 2 aromatic heterocycles. The first kappa shape index (κ1) is 17.1. The first-order valence-electron chi connectivity index (χ1n) is 7.07. The highest BCUT2D eigenvalue weighted by molar-refractivity contribution is 7.92. The van der Waals surface area contributed by atoms with Crippen LogP contribution < -0.4 is 9.46 Å². The molecule has 0 radical (unpaired) electrons. The molecule has 0 aliphatic carbocycles. The molecule has 0 spiro atoms. The smallest absolute Gasteiger partial charge is 0.265 e. The Morgan fingerprint density at radius 3 is 2.64 bits per heavy atom. The molecule has 3 rings (SSSR count). The van der Waals surface area contributed by atoms with Crippen molar-refractivity contribution in [3.63, 3.8) is 0 Å². The van der Waals surface area contributed by atoms with Crippen LogP contribution in [0, 0.1) is 0 Å². The molecule has 1 aromatic carbocycles. The average molecular weight is 377 g/mol. The van der Waals surface area contributed by atoms with Gasteiger partial charge in [0, 0.05) is 29.2 Å². The zero-order chi connectivity index (χ0) is 17.9. The lowest BCUT2D eigenvalue weighted by molar-refractivity contribution is 0.403. The maximum atomic E-state index is 12.7. The van der Waals surface area contributed by atoms with Gasteiger partial charge in [0.1, 0.15) is 10.6 Å². The summed E-state index contributed by atoms with van der Waals surface area (Å²) in [4.78, 5) is 12.1. The number of ether oxygens (including phenoxy) is 1. The number of aromatic nitrogens is 3. The van der Waals surface area contributed by atoms with E-state index in [1.807, 2.05) is 0 Å². The molecule has 0 unspecified atom stereocenters. The topological polar surface area (TPSA) is 94.1 Å². The second-order valence-corrected chi connectivity index (χ2v) is 7.04. The van der Waals surface area contributed by atoms with Gasteiger partial charge in [0.25, 0.3) is 10.0 Å². The van der Waals surface area contributed by atoms with Gasteiger partial charge in [0.2, 0.25) is 0 Å². The molecular weight excluding hydrogens is 364 g/mol.